The molecule has 0 bridgehead atoms. The van der Waals surface area contributed by atoms with Crippen LogP contribution < -0.4 is 27.4 Å². The molecule has 1 aromatic rings. The van der Waals surface area contributed by atoms with E-state index in [2.05, 4.69) is 38.5 Å². The second-order valence-electron chi connectivity index (χ2n) is 7.89. The summed E-state index contributed by atoms with van der Waals surface area (Å²) in [4.78, 5) is 66.8. The van der Waals surface area contributed by atoms with E-state index in [1.165, 1.54) is 12.5 Å². The van der Waals surface area contributed by atoms with Crippen LogP contribution in [0, 0.1) is 5.92 Å². The van der Waals surface area contributed by atoms with Crippen molar-refractivity contribution in [3.63, 3.8) is 0 Å². The van der Waals surface area contributed by atoms with Gasteiger partial charge in [0.05, 0.1) is 18.8 Å². The van der Waals surface area contributed by atoms with Crippen LogP contribution in [0.2, 0.25) is 0 Å². The Morgan fingerprint density at radius 1 is 1.06 bits per heavy atom. The lowest BCUT2D eigenvalue weighted by Crippen LogP contribution is -2.58. The fourth-order valence-corrected chi connectivity index (χ4v) is 3.10. The maximum Gasteiger partial charge on any atom is 0.326 e. The van der Waals surface area contributed by atoms with Crippen LogP contribution in [0.25, 0.3) is 0 Å². The highest BCUT2D eigenvalue weighted by Crippen LogP contribution is 2.07. The summed E-state index contributed by atoms with van der Waals surface area (Å²) < 4.78 is 0. The summed E-state index contributed by atoms with van der Waals surface area (Å²) in [5, 5.41) is 16.3. The third-order valence-corrected chi connectivity index (χ3v) is 4.87. The number of rotatable bonds is 14. The van der Waals surface area contributed by atoms with Gasteiger partial charge in [-0.2, -0.15) is 12.6 Å². The zero-order valence-electron chi connectivity index (χ0n) is 18.4. The normalized spacial score (nSPS) is 14.6. The second-order valence-corrected chi connectivity index (χ2v) is 8.26. The Morgan fingerprint density at radius 3 is 2.12 bits per heavy atom. The van der Waals surface area contributed by atoms with Crippen molar-refractivity contribution in [2.24, 2.45) is 17.4 Å². The highest BCUT2D eigenvalue weighted by molar-refractivity contribution is 7.80. The van der Waals surface area contributed by atoms with E-state index in [1.54, 1.807) is 0 Å². The van der Waals surface area contributed by atoms with Gasteiger partial charge in [-0.25, -0.2) is 9.78 Å². The number of carboxylic acid groups (broad SMARTS) is 1. The van der Waals surface area contributed by atoms with E-state index in [0.717, 1.165) is 0 Å². The number of nitrogens with two attached hydrogens (primary N) is 2. The maximum atomic E-state index is 12.8. The van der Waals surface area contributed by atoms with Gasteiger partial charge in [0.15, 0.2) is 0 Å². The van der Waals surface area contributed by atoms with Crippen molar-refractivity contribution in [2.75, 3.05) is 5.75 Å². The third-order valence-electron chi connectivity index (χ3n) is 4.51. The molecule has 0 saturated heterocycles. The number of nitrogens with zero attached hydrogens (tertiary/aromatic N) is 1. The maximum absolute atomic E-state index is 12.8. The molecule has 0 aliphatic rings. The van der Waals surface area contributed by atoms with Crippen LogP contribution in [0.5, 0.6) is 0 Å². The van der Waals surface area contributed by atoms with Gasteiger partial charge in [-0.3, -0.25) is 19.2 Å². The van der Waals surface area contributed by atoms with E-state index >= 15 is 0 Å². The van der Waals surface area contributed by atoms with Crippen molar-refractivity contribution in [2.45, 2.75) is 57.3 Å². The van der Waals surface area contributed by atoms with Crippen molar-refractivity contribution < 1.29 is 29.1 Å². The van der Waals surface area contributed by atoms with Gasteiger partial charge >= 0.3 is 5.97 Å². The van der Waals surface area contributed by atoms with Crippen LogP contribution >= 0.6 is 12.6 Å². The molecule has 0 radical (unpaired) electrons. The van der Waals surface area contributed by atoms with Crippen molar-refractivity contribution in [3.05, 3.63) is 18.2 Å². The summed E-state index contributed by atoms with van der Waals surface area (Å²) in [7, 11) is 0. The summed E-state index contributed by atoms with van der Waals surface area (Å²) in [6.45, 7) is 3.70. The molecule has 1 aromatic heterocycles. The SMILES string of the molecule is CC(C)CC(NC(=O)C(N)Cc1cnc[nH]1)C(=O)NC(CS)C(=O)NC(CC(N)=O)C(=O)O. The van der Waals surface area contributed by atoms with Crippen LogP contribution in [0.4, 0.5) is 0 Å². The minimum Gasteiger partial charge on any atom is -0.480 e. The monoisotopic (exact) mass is 485 g/mol. The molecule has 4 amide bonds. The Labute approximate surface area is 196 Å². The fraction of sp³-hybridized carbons (Fsp3) is 0.579. The topological polar surface area (TPSA) is 222 Å². The van der Waals surface area contributed by atoms with Gasteiger partial charge in [0, 0.05) is 24.1 Å². The summed E-state index contributed by atoms with van der Waals surface area (Å²) in [5.41, 5.74) is 11.6. The number of aromatic nitrogens is 2. The van der Waals surface area contributed by atoms with Crippen LogP contribution in [0.15, 0.2) is 12.5 Å². The van der Waals surface area contributed by atoms with Crippen molar-refractivity contribution in [1.82, 2.24) is 25.9 Å². The number of nitrogens with one attached hydrogen (secondary N) is 4. The third kappa shape index (κ3) is 9.91. The highest BCUT2D eigenvalue weighted by atomic mass is 32.1. The molecule has 4 unspecified atom stereocenters. The van der Waals surface area contributed by atoms with Gasteiger partial charge < -0.3 is 37.5 Å². The van der Waals surface area contributed by atoms with E-state index < -0.39 is 60.2 Å². The van der Waals surface area contributed by atoms with Gasteiger partial charge in [0.25, 0.3) is 0 Å². The molecule has 13 nitrogen and oxygen atoms in total. The molecule has 0 aromatic carbocycles. The van der Waals surface area contributed by atoms with Gasteiger partial charge in [-0.15, -0.1) is 0 Å². The minimum atomic E-state index is -1.55. The summed E-state index contributed by atoms with van der Waals surface area (Å²) >= 11 is 4.03. The Balaban J connectivity index is 2.83. The number of primary amides is 1. The molecule has 1 heterocycles. The van der Waals surface area contributed by atoms with Crippen LogP contribution in [0.3, 0.4) is 0 Å². The van der Waals surface area contributed by atoms with Gasteiger partial charge in [0.1, 0.15) is 18.1 Å². The van der Waals surface area contributed by atoms with Gasteiger partial charge in [-0.05, 0) is 12.3 Å². The number of thiol groups is 1. The number of H-pyrrole nitrogens is 1. The van der Waals surface area contributed by atoms with E-state index in [0.29, 0.717) is 5.69 Å². The standard InChI is InChI=1S/C19H31N7O6S/c1-9(2)3-12(24-16(28)11(20)4-10-6-22-8-23-10)17(29)26-14(7-33)18(30)25-13(19(31)32)5-15(21)27/h6,8-9,11-14,33H,3-5,7,20H2,1-2H3,(H2,21,27)(H,22,23)(H,24,28)(H,25,30)(H,26,29)(H,31,32). The number of carbonyl (C=O) groups is 5. The first-order chi connectivity index (χ1) is 15.4. The van der Waals surface area contributed by atoms with E-state index in [-0.39, 0.29) is 24.5 Å². The first-order valence-corrected chi connectivity index (χ1v) is 10.8. The zero-order valence-corrected chi connectivity index (χ0v) is 19.3. The quantitative estimate of drug-likeness (QED) is 0.133. The van der Waals surface area contributed by atoms with E-state index in [4.69, 9.17) is 16.6 Å². The number of hydrogen-bond acceptors (Lipinski definition) is 8. The number of imidazole rings is 1. The smallest absolute Gasteiger partial charge is 0.326 e. The lowest BCUT2D eigenvalue weighted by molar-refractivity contribution is -0.143. The highest BCUT2D eigenvalue weighted by Gasteiger charge is 2.30. The Hall–Kier alpha value is -3.13. The van der Waals surface area contributed by atoms with Crippen LogP contribution in [-0.4, -0.2) is 74.6 Å². The Morgan fingerprint density at radius 2 is 1.64 bits per heavy atom. The number of carbonyl (C=O) groups excluding carboxylic acids is 4. The predicted molar refractivity (Wildman–Crippen MR) is 121 cm³/mol. The summed E-state index contributed by atoms with van der Waals surface area (Å²) in [6.07, 6.45) is 2.81. The number of aromatic amines is 1. The fourth-order valence-electron chi connectivity index (χ4n) is 2.85. The molecular formula is C19H31N7O6S. The molecule has 0 fully saturated rings. The van der Waals surface area contributed by atoms with E-state index in [1.807, 2.05) is 13.8 Å². The predicted octanol–water partition coefficient (Wildman–Crippen LogP) is -2.33. The molecule has 0 aliphatic heterocycles. The lowest BCUT2D eigenvalue weighted by Gasteiger charge is -2.25. The molecule has 4 atom stereocenters. The number of amides is 4. The zero-order chi connectivity index (χ0) is 25.1. The largest absolute Gasteiger partial charge is 0.480 e. The molecular weight excluding hydrogens is 454 g/mol. The molecule has 9 N–H and O–H groups in total. The van der Waals surface area contributed by atoms with Crippen LogP contribution in [0.1, 0.15) is 32.4 Å². The first-order valence-electron chi connectivity index (χ1n) is 10.2. The molecule has 1 rings (SSSR count). The van der Waals surface area contributed by atoms with Crippen molar-refractivity contribution in [1.29, 1.82) is 0 Å². The number of carboxylic acids is 1. The average molecular weight is 486 g/mol. The molecule has 0 saturated carbocycles. The summed E-state index contributed by atoms with van der Waals surface area (Å²) in [6, 6.07) is -4.72. The Kier molecular flexibility index (Phi) is 11.4. The molecule has 33 heavy (non-hydrogen) atoms. The van der Waals surface area contributed by atoms with Gasteiger partial charge in [-0.1, -0.05) is 13.8 Å². The molecule has 0 aliphatic carbocycles. The average Bonchev–Trinajstić information content (AvgIpc) is 3.22. The second kappa shape index (κ2) is 13.4. The lowest BCUT2D eigenvalue weighted by atomic mass is 10.0. The van der Waals surface area contributed by atoms with Gasteiger partial charge in [0.2, 0.25) is 23.6 Å². The minimum absolute atomic E-state index is 0.0140. The molecule has 184 valence electrons. The summed E-state index contributed by atoms with van der Waals surface area (Å²) in [5.74, 6) is -4.62. The number of aliphatic carboxylic acids is 1. The first kappa shape index (κ1) is 27.9. The number of hydrogen-bond donors (Lipinski definition) is 8. The Bertz CT molecular complexity index is 833. The van der Waals surface area contributed by atoms with Crippen molar-refractivity contribution >= 4 is 42.2 Å². The van der Waals surface area contributed by atoms with Crippen LogP contribution in [-0.2, 0) is 30.4 Å². The van der Waals surface area contributed by atoms with E-state index in [9.17, 15) is 24.0 Å². The molecule has 0 spiro atoms. The van der Waals surface area contributed by atoms with Crippen molar-refractivity contribution in [3.8, 4) is 0 Å². The molecule has 14 heteroatoms.